The van der Waals surface area contributed by atoms with Gasteiger partial charge < -0.3 is 35.1 Å². The SMILES string of the molecule is C=CC(=O)OC.O=C[C@H](O)[C@@H](O)[C@H](O)[C@H](O)CO. The molecule has 0 spiro atoms. The molecular formula is C10H18O8. The molecule has 106 valence electrons. The van der Waals surface area contributed by atoms with E-state index in [1.807, 2.05) is 0 Å². The van der Waals surface area contributed by atoms with Crippen molar-refractivity contribution in [1.82, 2.24) is 0 Å². The van der Waals surface area contributed by atoms with E-state index in [2.05, 4.69) is 11.3 Å². The van der Waals surface area contributed by atoms with Crippen molar-refractivity contribution in [1.29, 1.82) is 0 Å². The summed E-state index contributed by atoms with van der Waals surface area (Å²) in [7, 11) is 1.31. The van der Waals surface area contributed by atoms with Gasteiger partial charge in [-0.3, -0.25) is 0 Å². The van der Waals surface area contributed by atoms with E-state index in [9.17, 15) is 9.59 Å². The van der Waals surface area contributed by atoms with E-state index in [0.717, 1.165) is 6.08 Å². The zero-order valence-electron chi connectivity index (χ0n) is 9.84. The Morgan fingerprint density at radius 1 is 1.28 bits per heavy atom. The fraction of sp³-hybridized carbons (Fsp3) is 0.600. The number of ether oxygens (including phenoxy) is 1. The van der Waals surface area contributed by atoms with E-state index in [1.165, 1.54) is 7.11 Å². The summed E-state index contributed by atoms with van der Waals surface area (Å²) in [6, 6.07) is 0. The molecule has 0 fully saturated rings. The van der Waals surface area contributed by atoms with Gasteiger partial charge in [0.15, 0.2) is 6.29 Å². The summed E-state index contributed by atoms with van der Waals surface area (Å²) in [6.45, 7) is 2.40. The molecule has 8 nitrogen and oxygen atoms in total. The molecular weight excluding hydrogens is 248 g/mol. The van der Waals surface area contributed by atoms with Crippen molar-refractivity contribution in [3.05, 3.63) is 12.7 Å². The molecule has 0 rings (SSSR count). The first-order chi connectivity index (χ1) is 8.35. The van der Waals surface area contributed by atoms with E-state index in [1.54, 1.807) is 0 Å². The number of aldehydes is 1. The second-order valence-electron chi connectivity index (χ2n) is 3.09. The molecule has 0 heterocycles. The van der Waals surface area contributed by atoms with Crippen molar-refractivity contribution in [2.75, 3.05) is 13.7 Å². The van der Waals surface area contributed by atoms with Crippen molar-refractivity contribution < 1.29 is 39.9 Å². The first-order valence-electron chi connectivity index (χ1n) is 4.84. The molecule has 8 heteroatoms. The summed E-state index contributed by atoms with van der Waals surface area (Å²) < 4.78 is 4.14. The predicted octanol–water partition coefficient (Wildman–Crippen LogP) is -3.03. The number of methoxy groups -OCH3 is 1. The van der Waals surface area contributed by atoms with E-state index in [4.69, 9.17) is 25.5 Å². The highest BCUT2D eigenvalue weighted by molar-refractivity contribution is 5.80. The lowest BCUT2D eigenvalue weighted by Gasteiger charge is -2.22. The van der Waals surface area contributed by atoms with Crippen molar-refractivity contribution in [3.63, 3.8) is 0 Å². The normalized spacial score (nSPS) is 16.3. The summed E-state index contributed by atoms with van der Waals surface area (Å²) in [6.07, 6.45) is -5.73. The molecule has 0 unspecified atom stereocenters. The minimum atomic E-state index is -1.79. The van der Waals surface area contributed by atoms with Gasteiger partial charge in [-0.1, -0.05) is 6.58 Å². The van der Waals surface area contributed by atoms with Crippen LogP contribution in [-0.4, -0.2) is 75.9 Å². The number of carbonyl (C=O) groups excluding carboxylic acids is 2. The Kier molecular flexibility index (Phi) is 11.4. The molecule has 18 heavy (non-hydrogen) atoms. The Bertz CT molecular complexity index is 254. The van der Waals surface area contributed by atoms with Crippen LogP contribution in [0.1, 0.15) is 0 Å². The molecule has 0 bridgehead atoms. The molecule has 0 saturated carbocycles. The highest BCUT2D eigenvalue weighted by atomic mass is 16.5. The zero-order valence-corrected chi connectivity index (χ0v) is 9.84. The van der Waals surface area contributed by atoms with Crippen LogP contribution in [0.3, 0.4) is 0 Å². The average molecular weight is 266 g/mol. The minimum Gasteiger partial charge on any atom is -0.466 e. The van der Waals surface area contributed by atoms with E-state index < -0.39 is 37.0 Å². The largest absolute Gasteiger partial charge is 0.466 e. The molecule has 0 radical (unpaired) electrons. The smallest absolute Gasteiger partial charge is 0.329 e. The Morgan fingerprint density at radius 3 is 2.00 bits per heavy atom. The third kappa shape index (κ3) is 7.87. The maximum absolute atomic E-state index is 9.90. The molecule has 5 N–H and O–H groups in total. The van der Waals surface area contributed by atoms with Crippen molar-refractivity contribution in [2.24, 2.45) is 0 Å². The standard InChI is InChI=1S/C6H12O6.C4H6O2/c7-1-3(9)5(11)6(12)4(10)2-8;1-3-4(5)6-2/h1,3-6,8-12H,2H2;3H,1H2,2H3/t3-,4+,5+,6+;/m0./s1. The quantitative estimate of drug-likeness (QED) is 0.194. The van der Waals surface area contributed by atoms with E-state index in [-0.39, 0.29) is 6.29 Å². The molecule has 4 atom stereocenters. The van der Waals surface area contributed by atoms with Gasteiger partial charge in [-0.05, 0) is 0 Å². The average Bonchev–Trinajstić information content (AvgIpc) is 2.43. The maximum atomic E-state index is 9.90. The summed E-state index contributed by atoms with van der Waals surface area (Å²) in [4.78, 5) is 19.7. The van der Waals surface area contributed by atoms with Gasteiger partial charge in [-0.2, -0.15) is 0 Å². The predicted molar refractivity (Wildman–Crippen MR) is 59.4 cm³/mol. The van der Waals surface area contributed by atoms with Crippen LogP contribution in [0.15, 0.2) is 12.7 Å². The second kappa shape index (κ2) is 10.8. The first kappa shape index (κ1) is 19.0. The van der Waals surface area contributed by atoms with Crippen LogP contribution in [0.2, 0.25) is 0 Å². The van der Waals surface area contributed by atoms with Gasteiger partial charge in [0, 0.05) is 6.08 Å². The van der Waals surface area contributed by atoms with Crippen molar-refractivity contribution >= 4 is 12.3 Å². The number of esters is 1. The molecule has 0 aliphatic heterocycles. The molecule has 0 aliphatic rings. The summed E-state index contributed by atoms with van der Waals surface area (Å²) in [5.41, 5.74) is 0. The Balaban J connectivity index is 0. The van der Waals surface area contributed by atoms with Gasteiger partial charge in [0.2, 0.25) is 0 Å². The Labute approximate surface area is 104 Å². The van der Waals surface area contributed by atoms with Crippen LogP contribution >= 0.6 is 0 Å². The van der Waals surface area contributed by atoms with Gasteiger partial charge in [0.1, 0.15) is 24.4 Å². The topological polar surface area (TPSA) is 145 Å². The van der Waals surface area contributed by atoms with Crippen molar-refractivity contribution in [2.45, 2.75) is 24.4 Å². The third-order valence-electron chi connectivity index (χ3n) is 1.79. The van der Waals surface area contributed by atoms with Crippen LogP contribution in [0.4, 0.5) is 0 Å². The maximum Gasteiger partial charge on any atom is 0.329 e. The van der Waals surface area contributed by atoms with Gasteiger partial charge in [0.25, 0.3) is 0 Å². The fourth-order valence-corrected chi connectivity index (χ4v) is 0.701. The number of hydrogen-bond acceptors (Lipinski definition) is 8. The lowest BCUT2D eigenvalue weighted by atomic mass is 10.0. The van der Waals surface area contributed by atoms with Crippen LogP contribution in [0, 0.1) is 0 Å². The number of aliphatic hydroxyl groups excluding tert-OH is 5. The second-order valence-corrected chi connectivity index (χ2v) is 3.09. The fourth-order valence-electron chi connectivity index (χ4n) is 0.701. The molecule has 0 aromatic carbocycles. The van der Waals surface area contributed by atoms with E-state index in [0.29, 0.717) is 0 Å². The van der Waals surface area contributed by atoms with Crippen LogP contribution < -0.4 is 0 Å². The summed E-state index contributed by atoms with van der Waals surface area (Å²) >= 11 is 0. The van der Waals surface area contributed by atoms with E-state index >= 15 is 0 Å². The number of hydrogen-bond donors (Lipinski definition) is 5. The van der Waals surface area contributed by atoms with Gasteiger partial charge in [-0.15, -0.1) is 0 Å². The van der Waals surface area contributed by atoms with Gasteiger partial charge in [0.05, 0.1) is 13.7 Å². The lowest BCUT2D eigenvalue weighted by Crippen LogP contribution is -2.46. The monoisotopic (exact) mass is 266 g/mol. The molecule has 0 aliphatic carbocycles. The van der Waals surface area contributed by atoms with Gasteiger partial charge in [-0.25, -0.2) is 4.79 Å². The molecule has 0 amide bonds. The first-order valence-corrected chi connectivity index (χ1v) is 4.84. The molecule has 0 saturated heterocycles. The molecule has 0 aromatic heterocycles. The van der Waals surface area contributed by atoms with Crippen molar-refractivity contribution in [3.8, 4) is 0 Å². The third-order valence-corrected chi connectivity index (χ3v) is 1.79. The van der Waals surface area contributed by atoms with Crippen LogP contribution in [-0.2, 0) is 14.3 Å². The minimum absolute atomic E-state index is 0.0258. The zero-order chi connectivity index (χ0) is 14.7. The highest BCUT2D eigenvalue weighted by Crippen LogP contribution is 2.02. The Hall–Kier alpha value is -1.32. The lowest BCUT2D eigenvalue weighted by molar-refractivity contribution is -0.136. The summed E-state index contributed by atoms with van der Waals surface area (Å²) in [5.74, 6) is -0.394. The highest BCUT2D eigenvalue weighted by Gasteiger charge is 2.29. The summed E-state index contributed by atoms with van der Waals surface area (Å²) in [5, 5.41) is 43.5. The number of carbonyl (C=O) groups is 2. The van der Waals surface area contributed by atoms with Crippen LogP contribution in [0.5, 0.6) is 0 Å². The van der Waals surface area contributed by atoms with Crippen LogP contribution in [0.25, 0.3) is 0 Å². The number of rotatable bonds is 6. The Morgan fingerprint density at radius 2 is 1.78 bits per heavy atom. The van der Waals surface area contributed by atoms with Gasteiger partial charge >= 0.3 is 5.97 Å². The molecule has 0 aromatic rings. The number of aliphatic hydroxyl groups is 5.